The summed E-state index contributed by atoms with van der Waals surface area (Å²) in [7, 11) is 0. The molecular weight excluding hydrogens is 188 g/mol. The zero-order valence-electron chi connectivity index (χ0n) is 7.12. The summed E-state index contributed by atoms with van der Waals surface area (Å²) in [6.45, 7) is 1.45. The third-order valence-corrected chi connectivity index (χ3v) is 1.73. The lowest BCUT2D eigenvalue weighted by molar-refractivity contribution is -0.112. The lowest BCUT2D eigenvalue weighted by Gasteiger charge is -1.98. The van der Waals surface area contributed by atoms with Crippen LogP contribution in [0.25, 0.3) is 6.08 Å². The first-order chi connectivity index (χ1) is 6.09. The second kappa shape index (κ2) is 4.10. The molecule has 1 aromatic rings. The van der Waals surface area contributed by atoms with Gasteiger partial charge in [0, 0.05) is 10.6 Å². The molecule has 0 atom stereocenters. The fourth-order valence-corrected chi connectivity index (χ4v) is 1.03. The lowest BCUT2D eigenvalue weighted by atomic mass is 10.2. The SMILES string of the molecule is CC(=O)C=Cc1ccc(Cl)cc1O. The number of aromatic hydroxyl groups is 1. The van der Waals surface area contributed by atoms with Gasteiger partial charge in [-0.05, 0) is 37.3 Å². The molecule has 0 aromatic heterocycles. The summed E-state index contributed by atoms with van der Waals surface area (Å²) in [6.07, 6.45) is 2.94. The van der Waals surface area contributed by atoms with E-state index in [4.69, 9.17) is 11.6 Å². The molecule has 0 spiro atoms. The average molecular weight is 197 g/mol. The molecule has 68 valence electrons. The van der Waals surface area contributed by atoms with Crippen LogP contribution in [-0.2, 0) is 4.79 Å². The number of hydrogen-bond donors (Lipinski definition) is 1. The van der Waals surface area contributed by atoms with E-state index < -0.39 is 0 Å². The fourth-order valence-electron chi connectivity index (χ4n) is 0.865. The van der Waals surface area contributed by atoms with Crippen molar-refractivity contribution in [3.63, 3.8) is 0 Å². The molecular formula is C10H9ClO2. The van der Waals surface area contributed by atoms with E-state index in [1.54, 1.807) is 18.2 Å². The minimum absolute atomic E-state index is 0.0608. The number of hydrogen-bond acceptors (Lipinski definition) is 2. The molecule has 1 rings (SSSR count). The maximum Gasteiger partial charge on any atom is 0.152 e. The molecule has 2 nitrogen and oxygen atoms in total. The second-order valence-electron chi connectivity index (χ2n) is 2.65. The molecule has 0 bridgehead atoms. The van der Waals surface area contributed by atoms with Gasteiger partial charge in [0.05, 0.1) is 0 Å². The van der Waals surface area contributed by atoms with Crippen LogP contribution in [-0.4, -0.2) is 10.9 Å². The molecule has 0 amide bonds. The van der Waals surface area contributed by atoms with Crippen LogP contribution in [0.5, 0.6) is 5.75 Å². The Hall–Kier alpha value is -1.28. The normalized spacial score (nSPS) is 10.6. The van der Waals surface area contributed by atoms with Crippen molar-refractivity contribution in [2.24, 2.45) is 0 Å². The fraction of sp³-hybridized carbons (Fsp3) is 0.100. The number of allylic oxidation sites excluding steroid dienone is 1. The molecule has 0 radical (unpaired) electrons. The number of benzene rings is 1. The van der Waals surface area contributed by atoms with Crippen molar-refractivity contribution in [2.45, 2.75) is 6.92 Å². The Kier molecular flexibility index (Phi) is 3.09. The Morgan fingerprint density at radius 2 is 2.23 bits per heavy atom. The topological polar surface area (TPSA) is 37.3 Å². The third-order valence-electron chi connectivity index (χ3n) is 1.49. The number of phenolic OH excluding ortho intramolecular Hbond substituents is 1. The lowest BCUT2D eigenvalue weighted by Crippen LogP contribution is -1.80. The Morgan fingerprint density at radius 3 is 2.77 bits per heavy atom. The molecule has 0 aliphatic rings. The summed E-state index contributed by atoms with van der Waals surface area (Å²) in [5.41, 5.74) is 0.583. The van der Waals surface area contributed by atoms with Gasteiger partial charge in [-0.2, -0.15) is 0 Å². The third kappa shape index (κ3) is 2.92. The number of phenols is 1. The van der Waals surface area contributed by atoms with E-state index in [9.17, 15) is 9.90 Å². The van der Waals surface area contributed by atoms with Crippen LogP contribution in [0.3, 0.4) is 0 Å². The van der Waals surface area contributed by atoms with Gasteiger partial charge in [-0.1, -0.05) is 11.6 Å². The Morgan fingerprint density at radius 1 is 1.54 bits per heavy atom. The summed E-state index contributed by atoms with van der Waals surface area (Å²) in [5.74, 6) is 0.0133. The molecule has 0 heterocycles. The number of carbonyl (C=O) groups excluding carboxylic acids is 1. The molecule has 0 saturated heterocycles. The molecule has 0 saturated carbocycles. The molecule has 1 N–H and O–H groups in total. The average Bonchev–Trinajstić information content (AvgIpc) is 2.02. The predicted molar refractivity (Wildman–Crippen MR) is 52.8 cm³/mol. The summed E-state index contributed by atoms with van der Waals surface area (Å²) < 4.78 is 0. The van der Waals surface area contributed by atoms with Crippen molar-refractivity contribution < 1.29 is 9.90 Å². The van der Waals surface area contributed by atoms with Crippen molar-refractivity contribution in [2.75, 3.05) is 0 Å². The Balaban J connectivity index is 2.96. The van der Waals surface area contributed by atoms with E-state index in [1.165, 1.54) is 19.1 Å². The van der Waals surface area contributed by atoms with Crippen molar-refractivity contribution >= 4 is 23.5 Å². The van der Waals surface area contributed by atoms with E-state index in [0.717, 1.165) is 0 Å². The van der Waals surface area contributed by atoms with Crippen LogP contribution < -0.4 is 0 Å². The first-order valence-corrected chi connectivity index (χ1v) is 4.14. The number of halogens is 1. The summed E-state index contributed by atoms with van der Waals surface area (Å²) >= 11 is 5.63. The zero-order chi connectivity index (χ0) is 9.84. The maximum atomic E-state index is 10.6. The van der Waals surface area contributed by atoms with Gasteiger partial charge < -0.3 is 5.11 Å². The van der Waals surface area contributed by atoms with Gasteiger partial charge >= 0.3 is 0 Å². The van der Waals surface area contributed by atoms with E-state index >= 15 is 0 Å². The first kappa shape index (κ1) is 9.81. The molecule has 0 fully saturated rings. The largest absolute Gasteiger partial charge is 0.507 e. The molecule has 3 heteroatoms. The standard InChI is InChI=1S/C10H9ClO2/c1-7(12)2-3-8-4-5-9(11)6-10(8)13/h2-6,13H,1H3. The van der Waals surface area contributed by atoms with Gasteiger partial charge in [0.25, 0.3) is 0 Å². The molecule has 0 aliphatic carbocycles. The highest BCUT2D eigenvalue weighted by Gasteiger charge is 1.97. The first-order valence-electron chi connectivity index (χ1n) is 3.77. The van der Waals surface area contributed by atoms with Gasteiger partial charge in [0.1, 0.15) is 5.75 Å². The number of rotatable bonds is 2. The molecule has 0 unspecified atom stereocenters. The molecule has 0 aliphatic heterocycles. The van der Waals surface area contributed by atoms with Gasteiger partial charge in [-0.3, -0.25) is 4.79 Å². The van der Waals surface area contributed by atoms with Crippen LogP contribution in [0.1, 0.15) is 12.5 Å². The van der Waals surface area contributed by atoms with Gasteiger partial charge in [0.2, 0.25) is 0 Å². The van der Waals surface area contributed by atoms with Crippen molar-refractivity contribution in [1.29, 1.82) is 0 Å². The number of carbonyl (C=O) groups is 1. The monoisotopic (exact) mass is 196 g/mol. The van der Waals surface area contributed by atoms with Crippen LogP contribution >= 0.6 is 11.6 Å². The Labute approximate surface area is 81.5 Å². The van der Waals surface area contributed by atoms with E-state index in [2.05, 4.69) is 0 Å². The second-order valence-corrected chi connectivity index (χ2v) is 3.08. The Bertz CT molecular complexity index is 356. The summed E-state index contributed by atoms with van der Waals surface area (Å²) in [5, 5.41) is 9.83. The van der Waals surface area contributed by atoms with E-state index in [-0.39, 0.29) is 11.5 Å². The van der Waals surface area contributed by atoms with Crippen LogP contribution in [0.15, 0.2) is 24.3 Å². The van der Waals surface area contributed by atoms with Crippen LogP contribution in [0.2, 0.25) is 5.02 Å². The van der Waals surface area contributed by atoms with Gasteiger partial charge in [0.15, 0.2) is 5.78 Å². The minimum atomic E-state index is -0.0608. The van der Waals surface area contributed by atoms with E-state index in [0.29, 0.717) is 10.6 Å². The van der Waals surface area contributed by atoms with Crippen LogP contribution in [0, 0.1) is 0 Å². The number of ketones is 1. The van der Waals surface area contributed by atoms with Crippen molar-refractivity contribution in [3.05, 3.63) is 34.9 Å². The summed E-state index contributed by atoms with van der Waals surface area (Å²) in [6, 6.07) is 4.74. The van der Waals surface area contributed by atoms with Crippen LogP contribution in [0.4, 0.5) is 0 Å². The minimum Gasteiger partial charge on any atom is -0.507 e. The zero-order valence-corrected chi connectivity index (χ0v) is 7.88. The highest BCUT2D eigenvalue weighted by molar-refractivity contribution is 6.30. The van der Waals surface area contributed by atoms with Crippen molar-refractivity contribution in [3.8, 4) is 5.75 Å². The predicted octanol–water partition coefficient (Wildman–Crippen LogP) is 2.65. The smallest absolute Gasteiger partial charge is 0.152 e. The van der Waals surface area contributed by atoms with Crippen molar-refractivity contribution in [1.82, 2.24) is 0 Å². The van der Waals surface area contributed by atoms with Gasteiger partial charge in [-0.15, -0.1) is 0 Å². The molecule has 1 aromatic carbocycles. The molecule has 13 heavy (non-hydrogen) atoms. The van der Waals surface area contributed by atoms with Gasteiger partial charge in [-0.25, -0.2) is 0 Å². The summed E-state index contributed by atoms with van der Waals surface area (Å²) in [4.78, 5) is 10.6. The van der Waals surface area contributed by atoms with E-state index in [1.807, 2.05) is 0 Å². The maximum absolute atomic E-state index is 10.6. The quantitative estimate of drug-likeness (QED) is 0.739. The highest BCUT2D eigenvalue weighted by Crippen LogP contribution is 2.22. The highest BCUT2D eigenvalue weighted by atomic mass is 35.5.